The predicted molar refractivity (Wildman–Crippen MR) is 81.4 cm³/mol. The third-order valence-corrected chi connectivity index (χ3v) is 4.21. The van der Waals surface area contributed by atoms with Crippen LogP contribution in [-0.4, -0.2) is 28.0 Å². The van der Waals surface area contributed by atoms with Gasteiger partial charge in [-0.3, -0.25) is 9.88 Å². The highest BCUT2D eigenvalue weighted by atomic mass is 32.1. The van der Waals surface area contributed by atoms with Crippen molar-refractivity contribution in [2.24, 2.45) is 0 Å². The smallest absolute Gasteiger partial charge is 0.107 e. The fourth-order valence-corrected chi connectivity index (χ4v) is 2.86. The Balaban J connectivity index is 1.49. The van der Waals surface area contributed by atoms with Gasteiger partial charge in [-0.25, -0.2) is 4.98 Å². The molecule has 0 aliphatic heterocycles. The maximum Gasteiger partial charge on any atom is 0.107 e. The minimum Gasteiger partial charge on any atom is -0.308 e. The number of hydrogen-bond donors (Lipinski definition) is 1. The van der Waals surface area contributed by atoms with Crippen LogP contribution in [-0.2, 0) is 19.6 Å². The summed E-state index contributed by atoms with van der Waals surface area (Å²) in [6.45, 7) is 2.64. The standard InChI is InChI=1S/C15H20N4S/c1-19(9-13-4-2-3-7-16-13)10-14-11-20-15(18-14)8-17-12-5-6-12/h2-4,7,11-12,17H,5-6,8-10H2,1H3. The molecule has 0 saturated heterocycles. The molecule has 2 aromatic rings. The zero-order valence-corrected chi connectivity index (χ0v) is 12.6. The number of pyridine rings is 1. The maximum absolute atomic E-state index is 4.69. The van der Waals surface area contributed by atoms with Crippen LogP contribution in [0.15, 0.2) is 29.8 Å². The van der Waals surface area contributed by atoms with Crippen LogP contribution in [0, 0.1) is 0 Å². The summed E-state index contributed by atoms with van der Waals surface area (Å²) in [6.07, 6.45) is 4.49. The number of nitrogens with zero attached hydrogens (tertiary/aromatic N) is 3. The summed E-state index contributed by atoms with van der Waals surface area (Å²) in [5.41, 5.74) is 2.25. The molecule has 5 heteroatoms. The Morgan fingerprint density at radius 3 is 2.90 bits per heavy atom. The molecule has 2 heterocycles. The Bertz CT molecular complexity index is 536. The van der Waals surface area contributed by atoms with Crippen molar-refractivity contribution < 1.29 is 0 Å². The summed E-state index contributed by atoms with van der Waals surface area (Å²) in [7, 11) is 2.11. The van der Waals surface area contributed by atoms with Crippen LogP contribution < -0.4 is 5.32 Å². The Labute approximate surface area is 123 Å². The van der Waals surface area contributed by atoms with E-state index in [9.17, 15) is 0 Å². The topological polar surface area (TPSA) is 41.1 Å². The lowest BCUT2D eigenvalue weighted by Gasteiger charge is -2.14. The summed E-state index contributed by atoms with van der Waals surface area (Å²) >= 11 is 1.75. The van der Waals surface area contributed by atoms with Crippen LogP contribution in [0.1, 0.15) is 29.2 Å². The van der Waals surface area contributed by atoms with E-state index in [0.717, 1.165) is 37.1 Å². The van der Waals surface area contributed by atoms with Crippen molar-refractivity contribution in [3.63, 3.8) is 0 Å². The Kier molecular flexibility index (Phi) is 4.40. The van der Waals surface area contributed by atoms with E-state index in [2.05, 4.69) is 38.7 Å². The van der Waals surface area contributed by atoms with Gasteiger partial charge in [-0.15, -0.1) is 11.3 Å². The van der Waals surface area contributed by atoms with Crippen LogP contribution in [0.5, 0.6) is 0 Å². The molecular formula is C15H20N4S. The SMILES string of the molecule is CN(Cc1ccccn1)Cc1csc(CNC2CC2)n1. The lowest BCUT2D eigenvalue weighted by Crippen LogP contribution is -2.18. The molecule has 20 heavy (non-hydrogen) atoms. The molecule has 1 saturated carbocycles. The van der Waals surface area contributed by atoms with Crippen LogP contribution in [0.2, 0.25) is 0 Å². The van der Waals surface area contributed by atoms with Crippen molar-refractivity contribution in [2.45, 2.75) is 38.5 Å². The predicted octanol–water partition coefficient (Wildman–Crippen LogP) is 2.42. The van der Waals surface area contributed by atoms with Gasteiger partial charge in [-0.2, -0.15) is 0 Å². The number of rotatable bonds is 7. The normalized spacial score (nSPS) is 14.9. The Morgan fingerprint density at radius 2 is 2.15 bits per heavy atom. The summed E-state index contributed by atoms with van der Waals surface area (Å²) in [5.74, 6) is 0. The molecule has 2 aromatic heterocycles. The highest BCUT2D eigenvalue weighted by Crippen LogP contribution is 2.20. The summed E-state index contributed by atoms with van der Waals surface area (Å²) in [5, 5.41) is 6.86. The van der Waals surface area contributed by atoms with Gasteiger partial charge in [-0.05, 0) is 32.0 Å². The molecule has 3 rings (SSSR count). The van der Waals surface area contributed by atoms with Crippen LogP contribution in [0.4, 0.5) is 0 Å². The average Bonchev–Trinajstić information content (AvgIpc) is 3.18. The summed E-state index contributed by atoms with van der Waals surface area (Å²) in [6, 6.07) is 6.78. The van der Waals surface area contributed by atoms with Crippen LogP contribution in [0.25, 0.3) is 0 Å². The average molecular weight is 288 g/mol. The zero-order chi connectivity index (χ0) is 13.8. The molecule has 1 aliphatic carbocycles. The molecule has 1 N–H and O–H groups in total. The van der Waals surface area contributed by atoms with E-state index in [1.54, 1.807) is 11.3 Å². The molecule has 0 amide bonds. The van der Waals surface area contributed by atoms with Crippen molar-refractivity contribution in [1.82, 2.24) is 20.2 Å². The van der Waals surface area contributed by atoms with Gasteiger partial charge < -0.3 is 5.32 Å². The summed E-state index contributed by atoms with van der Waals surface area (Å²) < 4.78 is 0. The van der Waals surface area contributed by atoms with E-state index >= 15 is 0 Å². The van der Waals surface area contributed by atoms with E-state index in [1.165, 1.54) is 17.8 Å². The number of aromatic nitrogens is 2. The van der Waals surface area contributed by atoms with Crippen LogP contribution in [0.3, 0.4) is 0 Å². The number of nitrogens with one attached hydrogen (secondary N) is 1. The first-order valence-corrected chi connectivity index (χ1v) is 7.92. The van der Waals surface area contributed by atoms with E-state index in [0.29, 0.717) is 0 Å². The lowest BCUT2D eigenvalue weighted by atomic mass is 10.3. The van der Waals surface area contributed by atoms with Crippen LogP contribution >= 0.6 is 11.3 Å². The van der Waals surface area contributed by atoms with Gasteiger partial charge >= 0.3 is 0 Å². The van der Waals surface area contributed by atoms with E-state index < -0.39 is 0 Å². The van der Waals surface area contributed by atoms with Gasteiger partial charge in [0.1, 0.15) is 5.01 Å². The molecule has 0 unspecified atom stereocenters. The molecule has 4 nitrogen and oxygen atoms in total. The second kappa shape index (κ2) is 6.43. The van der Waals surface area contributed by atoms with Gasteiger partial charge in [0.15, 0.2) is 0 Å². The Hall–Kier alpha value is -1.30. The molecule has 106 valence electrons. The second-order valence-corrected chi connectivity index (χ2v) is 6.32. The molecule has 1 aliphatic rings. The molecule has 0 radical (unpaired) electrons. The van der Waals surface area contributed by atoms with Crippen molar-refractivity contribution >= 4 is 11.3 Å². The van der Waals surface area contributed by atoms with Crippen molar-refractivity contribution in [3.05, 3.63) is 46.2 Å². The van der Waals surface area contributed by atoms with Gasteiger partial charge in [0.25, 0.3) is 0 Å². The molecular weight excluding hydrogens is 268 g/mol. The molecule has 1 fully saturated rings. The number of thiazole rings is 1. The molecule has 0 bridgehead atoms. The third-order valence-electron chi connectivity index (χ3n) is 3.31. The van der Waals surface area contributed by atoms with Crippen molar-refractivity contribution in [1.29, 1.82) is 0 Å². The molecule has 0 spiro atoms. The third kappa shape index (κ3) is 4.10. The summed E-state index contributed by atoms with van der Waals surface area (Å²) in [4.78, 5) is 11.3. The van der Waals surface area contributed by atoms with Gasteiger partial charge in [0.2, 0.25) is 0 Å². The second-order valence-electron chi connectivity index (χ2n) is 5.38. The Morgan fingerprint density at radius 1 is 1.30 bits per heavy atom. The monoisotopic (exact) mass is 288 g/mol. The van der Waals surface area contributed by atoms with E-state index in [-0.39, 0.29) is 0 Å². The first-order chi connectivity index (χ1) is 9.79. The lowest BCUT2D eigenvalue weighted by molar-refractivity contribution is 0.311. The van der Waals surface area contributed by atoms with Gasteiger partial charge in [0, 0.05) is 37.3 Å². The largest absolute Gasteiger partial charge is 0.308 e. The fraction of sp³-hybridized carbons (Fsp3) is 0.467. The molecule has 0 atom stereocenters. The zero-order valence-electron chi connectivity index (χ0n) is 11.7. The fourth-order valence-electron chi connectivity index (χ4n) is 2.12. The van der Waals surface area contributed by atoms with E-state index in [1.807, 2.05) is 18.3 Å². The highest BCUT2D eigenvalue weighted by molar-refractivity contribution is 7.09. The quantitative estimate of drug-likeness (QED) is 0.849. The van der Waals surface area contributed by atoms with E-state index in [4.69, 9.17) is 0 Å². The van der Waals surface area contributed by atoms with Crippen molar-refractivity contribution in [3.8, 4) is 0 Å². The number of hydrogen-bond acceptors (Lipinski definition) is 5. The van der Waals surface area contributed by atoms with Gasteiger partial charge in [0.05, 0.1) is 11.4 Å². The minimum atomic E-state index is 0.745. The maximum atomic E-state index is 4.69. The minimum absolute atomic E-state index is 0.745. The first-order valence-electron chi connectivity index (χ1n) is 7.05. The van der Waals surface area contributed by atoms with Crippen molar-refractivity contribution in [2.75, 3.05) is 7.05 Å². The van der Waals surface area contributed by atoms with Gasteiger partial charge in [-0.1, -0.05) is 6.07 Å². The highest BCUT2D eigenvalue weighted by Gasteiger charge is 2.20. The first kappa shape index (κ1) is 13.7. The molecule has 0 aromatic carbocycles.